The molecule has 0 fully saturated rings. The van der Waals surface area contributed by atoms with Crippen LogP contribution in [-0.2, 0) is 19.1 Å². The second-order valence-corrected chi connectivity index (χ2v) is 5.39. The van der Waals surface area contributed by atoms with Crippen LogP contribution in [0.3, 0.4) is 0 Å². The summed E-state index contributed by atoms with van der Waals surface area (Å²) >= 11 is 0. The van der Waals surface area contributed by atoms with Gasteiger partial charge >= 0.3 is 17.6 Å². The van der Waals surface area contributed by atoms with Crippen LogP contribution in [0.15, 0.2) is 29.7 Å². The maximum atomic E-state index is 12.4. The predicted octanol–water partition coefficient (Wildman–Crippen LogP) is 1.51. The van der Waals surface area contributed by atoms with Crippen LogP contribution in [0.2, 0.25) is 0 Å². The first kappa shape index (κ1) is 19.7. The molecule has 142 valence electrons. The van der Waals surface area contributed by atoms with Crippen molar-refractivity contribution in [2.24, 2.45) is 11.7 Å². The molecular formula is C17H17N3O7. The van der Waals surface area contributed by atoms with Crippen molar-refractivity contribution in [1.29, 1.82) is 5.26 Å². The van der Waals surface area contributed by atoms with E-state index in [1.165, 1.54) is 18.2 Å². The fourth-order valence-electron chi connectivity index (χ4n) is 2.79. The summed E-state index contributed by atoms with van der Waals surface area (Å²) in [7, 11) is 0. The van der Waals surface area contributed by atoms with E-state index in [9.17, 15) is 25.0 Å². The molecule has 0 saturated carbocycles. The zero-order valence-electron chi connectivity index (χ0n) is 14.6. The number of carbonyl (C=O) groups is 2. The first-order valence-corrected chi connectivity index (χ1v) is 8.05. The third-order valence-electron chi connectivity index (χ3n) is 3.85. The highest BCUT2D eigenvalue weighted by atomic mass is 16.6. The van der Waals surface area contributed by atoms with Crippen molar-refractivity contribution in [2.75, 3.05) is 13.2 Å². The van der Waals surface area contributed by atoms with Gasteiger partial charge in [0, 0.05) is 11.6 Å². The Balaban J connectivity index is 2.71. The lowest BCUT2D eigenvalue weighted by Gasteiger charge is -2.29. The molecule has 0 saturated heterocycles. The SMILES string of the molecule is CCOC(=O)C1=C(N)Oc2c(cccc2[N+](=O)[O-])C1C(C#N)C(=O)OCC. The van der Waals surface area contributed by atoms with Crippen LogP contribution in [0.4, 0.5) is 5.69 Å². The Labute approximate surface area is 154 Å². The van der Waals surface area contributed by atoms with Gasteiger partial charge in [0.05, 0.1) is 30.1 Å². The number of carbonyl (C=O) groups excluding carboxylic acids is 2. The van der Waals surface area contributed by atoms with E-state index in [0.717, 1.165) is 0 Å². The van der Waals surface area contributed by atoms with Gasteiger partial charge in [-0.1, -0.05) is 12.1 Å². The number of esters is 2. The number of rotatable bonds is 6. The third-order valence-corrected chi connectivity index (χ3v) is 3.85. The van der Waals surface area contributed by atoms with Crippen molar-refractivity contribution < 1.29 is 28.7 Å². The number of nitro groups is 1. The highest BCUT2D eigenvalue weighted by Crippen LogP contribution is 2.46. The van der Waals surface area contributed by atoms with Crippen LogP contribution >= 0.6 is 0 Å². The van der Waals surface area contributed by atoms with Gasteiger partial charge in [-0.15, -0.1) is 0 Å². The maximum absolute atomic E-state index is 12.4. The van der Waals surface area contributed by atoms with Crippen molar-refractivity contribution in [3.8, 4) is 11.8 Å². The molecule has 0 spiro atoms. The number of benzene rings is 1. The number of para-hydroxylation sites is 1. The van der Waals surface area contributed by atoms with Crippen molar-refractivity contribution >= 4 is 17.6 Å². The molecular weight excluding hydrogens is 358 g/mol. The summed E-state index contributed by atoms with van der Waals surface area (Å²) in [4.78, 5) is 35.3. The molecule has 2 N–H and O–H groups in total. The Bertz CT molecular complexity index is 857. The summed E-state index contributed by atoms with van der Waals surface area (Å²) in [5, 5.41) is 20.9. The molecule has 1 aliphatic heterocycles. The molecule has 27 heavy (non-hydrogen) atoms. The smallest absolute Gasteiger partial charge is 0.340 e. The Morgan fingerprint density at radius 1 is 1.37 bits per heavy atom. The number of hydrogen-bond acceptors (Lipinski definition) is 9. The van der Waals surface area contributed by atoms with E-state index in [2.05, 4.69) is 0 Å². The first-order valence-electron chi connectivity index (χ1n) is 8.05. The molecule has 10 nitrogen and oxygen atoms in total. The number of nitriles is 1. The van der Waals surface area contributed by atoms with Crippen molar-refractivity contribution in [3.63, 3.8) is 0 Å². The van der Waals surface area contributed by atoms with Gasteiger partial charge in [-0.3, -0.25) is 14.9 Å². The zero-order chi connectivity index (χ0) is 20.1. The van der Waals surface area contributed by atoms with E-state index < -0.39 is 40.3 Å². The van der Waals surface area contributed by atoms with Crippen LogP contribution in [0.5, 0.6) is 5.75 Å². The maximum Gasteiger partial charge on any atom is 0.340 e. The number of ether oxygens (including phenoxy) is 3. The van der Waals surface area contributed by atoms with E-state index in [0.29, 0.717) is 0 Å². The van der Waals surface area contributed by atoms with Gasteiger partial charge in [-0.2, -0.15) is 5.26 Å². The lowest BCUT2D eigenvalue weighted by molar-refractivity contribution is -0.385. The minimum atomic E-state index is -1.48. The number of nitro benzene ring substituents is 1. The normalized spacial score (nSPS) is 16.4. The largest absolute Gasteiger partial charge is 0.465 e. The van der Waals surface area contributed by atoms with Gasteiger partial charge in [-0.25, -0.2) is 4.79 Å². The molecule has 0 radical (unpaired) electrons. The lowest BCUT2D eigenvalue weighted by atomic mass is 9.79. The van der Waals surface area contributed by atoms with Gasteiger partial charge < -0.3 is 19.9 Å². The molecule has 2 rings (SSSR count). The number of hydrogen-bond donors (Lipinski definition) is 1. The highest BCUT2D eigenvalue weighted by molar-refractivity contribution is 5.94. The fraction of sp³-hybridized carbons (Fsp3) is 0.353. The number of nitrogens with two attached hydrogens (primary N) is 1. The van der Waals surface area contributed by atoms with E-state index >= 15 is 0 Å². The van der Waals surface area contributed by atoms with Crippen molar-refractivity contribution in [1.82, 2.24) is 0 Å². The molecule has 1 aliphatic rings. The molecule has 1 aromatic carbocycles. The summed E-state index contributed by atoms with van der Waals surface area (Å²) < 4.78 is 15.2. The Kier molecular flexibility index (Phi) is 5.97. The van der Waals surface area contributed by atoms with Crippen LogP contribution in [0, 0.1) is 27.4 Å². The summed E-state index contributed by atoms with van der Waals surface area (Å²) in [5.74, 6) is -5.20. The quantitative estimate of drug-likeness (QED) is 0.442. The highest BCUT2D eigenvalue weighted by Gasteiger charge is 2.45. The molecule has 0 bridgehead atoms. The molecule has 2 atom stereocenters. The standard InChI is InChI=1S/C17H17N3O7/c1-3-25-16(21)10(8-18)12-9-6-5-7-11(20(23)24)14(9)27-15(19)13(12)17(22)26-4-2/h5-7,10,12H,3-4,19H2,1-2H3. The van der Waals surface area contributed by atoms with E-state index in [1.54, 1.807) is 19.9 Å². The van der Waals surface area contributed by atoms with Crippen molar-refractivity contribution in [3.05, 3.63) is 45.3 Å². The molecule has 1 aromatic rings. The lowest BCUT2D eigenvalue weighted by Crippen LogP contribution is -2.34. The predicted molar refractivity (Wildman–Crippen MR) is 90.0 cm³/mol. The van der Waals surface area contributed by atoms with E-state index in [1.807, 2.05) is 0 Å². The first-order chi connectivity index (χ1) is 12.9. The molecule has 0 amide bonds. The van der Waals surface area contributed by atoms with Gasteiger partial charge in [0.25, 0.3) is 0 Å². The Hall–Kier alpha value is -3.61. The summed E-state index contributed by atoms with van der Waals surface area (Å²) in [6, 6.07) is 5.76. The average molecular weight is 375 g/mol. The monoisotopic (exact) mass is 375 g/mol. The minimum Gasteiger partial charge on any atom is -0.465 e. The van der Waals surface area contributed by atoms with Gasteiger partial charge in [0.2, 0.25) is 11.6 Å². The van der Waals surface area contributed by atoms with Crippen LogP contribution in [0.1, 0.15) is 25.3 Å². The third kappa shape index (κ3) is 3.67. The number of nitrogens with zero attached hydrogens (tertiary/aromatic N) is 2. The summed E-state index contributed by atoms with van der Waals surface area (Å²) in [5.41, 5.74) is 5.25. The number of fused-ring (bicyclic) bond motifs is 1. The van der Waals surface area contributed by atoms with E-state index in [-0.39, 0.29) is 30.1 Å². The fourth-order valence-corrected chi connectivity index (χ4v) is 2.79. The van der Waals surface area contributed by atoms with Crippen molar-refractivity contribution in [2.45, 2.75) is 19.8 Å². The van der Waals surface area contributed by atoms with Gasteiger partial charge in [0.1, 0.15) is 5.57 Å². The molecule has 0 aliphatic carbocycles. The molecule has 1 heterocycles. The minimum absolute atomic E-state index is 0.00989. The van der Waals surface area contributed by atoms with Crippen LogP contribution < -0.4 is 10.5 Å². The van der Waals surface area contributed by atoms with Gasteiger partial charge in [-0.05, 0) is 13.8 Å². The second kappa shape index (κ2) is 8.18. The van der Waals surface area contributed by atoms with E-state index in [4.69, 9.17) is 19.9 Å². The Morgan fingerprint density at radius 3 is 2.59 bits per heavy atom. The molecule has 0 aromatic heterocycles. The average Bonchev–Trinajstić information content (AvgIpc) is 2.61. The zero-order valence-corrected chi connectivity index (χ0v) is 14.6. The van der Waals surface area contributed by atoms with Crippen LogP contribution in [0.25, 0.3) is 0 Å². The molecule has 2 unspecified atom stereocenters. The summed E-state index contributed by atoms with van der Waals surface area (Å²) in [6.45, 7) is 3.15. The van der Waals surface area contributed by atoms with Gasteiger partial charge in [0.15, 0.2) is 5.92 Å². The second-order valence-electron chi connectivity index (χ2n) is 5.39. The molecule has 10 heteroatoms. The Morgan fingerprint density at radius 2 is 2.04 bits per heavy atom. The van der Waals surface area contributed by atoms with Crippen LogP contribution in [-0.4, -0.2) is 30.1 Å². The topological polar surface area (TPSA) is 155 Å². The summed E-state index contributed by atoms with van der Waals surface area (Å²) in [6.07, 6.45) is 0.